The van der Waals surface area contributed by atoms with Gasteiger partial charge in [-0.3, -0.25) is 5.43 Å². The normalized spacial score (nSPS) is 14.2. The van der Waals surface area contributed by atoms with Crippen LogP contribution < -0.4 is 10.6 Å². The summed E-state index contributed by atoms with van der Waals surface area (Å²) in [6.45, 7) is 3.84. The second kappa shape index (κ2) is 6.18. The molecule has 0 aromatic heterocycles. The van der Waals surface area contributed by atoms with Gasteiger partial charge in [0.05, 0.1) is 11.9 Å². The Morgan fingerprint density at radius 1 is 1.12 bits per heavy atom. The topological polar surface area (TPSA) is 24.5 Å². The molecule has 1 aliphatic heterocycles. The highest BCUT2D eigenvalue weighted by Crippen LogP contribution is 2.21. The zero-order chi connectivity index (χ0) is 11.9. The lowest BCUT2D eigenvalue weighted by molar-refractivity contribution is 0.182. The summed E-state index contributed by atoms with van der Waals surface area (Å²) >= 11 is 0. The molecule has 2 rings (SSSR count). The van der Waals surface area contributed by atoms with Crippen molar-refractivity contribution >= 4 is 5.69 Å². The molecule has 0 amide bonds. The minimum absolute atomic E-state index is 0.982. The Morgan fingerprint density at radius 2 is 1.94 bits per heavy atom. The zero-order valence-electron chi connectivity index (χ0n) is 10.1. The van der Waals surface area contributed by atoms with Crippen molar-refractivity contribution < 1.29 is 4.84 Å². The van der Waals surface area contributed by atoms with Gasteiger partial charge in [0.2, 0.25) is 0 Å². The van der Waals surface area contributed by atoms with E-state index in [4.69, 9.17) is 4.84 Å². The van der Waals surface area contributed by atoms with Gasteiger partial charge in [0.25, 0.3) is 0 Å². The standard InChI is InChI=1S/C14H19N2O/c1-2-3-4-8-11-14-12-15-16(17-14)13-9-6-5-7-10-13/h5-7,9-10,12,15H,1-4,8,11H2. The van der Waals surface area contributed by atoms with Crippen molar-refractivity contribution in [1.82, 2.24) is 5.43 Å². The molecule has 1 aromatic rings. The van der Waals surface area contributed by atoms with Gasteiger partial charge in [0.1, 0.15) is 0 Å². The van der Waals surface area contributed by atoms with Gasteiger partial charge in [-0.1, -0.05) is 44.4 Å². The van der Waals surface area contributed by atoms with E-state index < -0.39 is 0 Å². The molecular weight excluding hydrogens is 212 g/mol. The Morgan fingerprint density at radius 3 is 2.71 bits per heavy atom. The number of nitrogens with zero attached hydrogens (tertiary/aromatic N) is 1. The molecule has 1 heterocycles. The summed E-state index contributed by atoms with van der Waals surface area (Å²) in [5, 5.41) is 1.69. The highest BCUT2D eigenvalue weighted by Gasteiger charge is 2.15. The summed E-state index contributed by atoms with van der Waals surface area (Å²) in [7, 11) is 0. The first kappa shape index (κ1) is 11.8. The van der Waals surface area contributed by atoms with E-state index in [-0.39, 0.29) is 0 Å². The maximum atomic E-state index is 5.70. The summed E-state index contributed by atoms with van der Waals surface area (Å²) in [6.07, 6.45) is 7.51. The number of benzene rings is 1. The average Bonchev–Trinajstić information content (AvgIpc) is 2.85. The molecule has 1 N–H and O–H groups in total. The van der Waals surface area contributed by atoms with Crippen LogP contribution in [0, 0.1) is 6.92 Å². The molecular formula is C14H19N2O. The Balaban J connectivity index is 1.75. The van der Waals surface area contributed by atoms with Crippen LogP contribution in [0.5, 0.6) is 0 Å². The third-order valence-electron chi connectivity index (χ3n) is 2.72. The van der Waals surface area contributed by atoms with Crippen molar-refractivity contribution in [2.45, 2.75) is 32.1 Å². The number of allylic oxidation sites excluding steroid dienone is 1. The largest absolute Gasteiger partial charge is 0.362 e. The molecule has 0 unspecified atom stereocenters. The fourth-order valence-electron chi connectivity index (χ4n) is 1.76. The minimum atomic E-state index is 0.982. The number of nitrogens with one attached hydrogen (secondary N) is 1. The van der Waals surface area contributed by atoms with Crippen LogP contribution in [0.2, 0.25) is 0 Å². The van der Waals surface area contributed by atoms with Gasteiger partial charge in [-0.2, -0.15) is 0 Å². The monoisotopic (exact) mass is 231 g/mol. The smallest absolute Gasteiger partial charge is 0.152 e. The van der Waals surface area contributed by atoms with Crippen LogP contribution in [0.1, 0.15) is 32.1 Å². The Labute approximate surface area is 103 Å². The van der Waals surface area contributed by atoms with E-state index in [1.165, 1.54) is 12.8 Å². The number of rotatable bonds is 6. The van der Waals surface area contributed by atoms with E-state index in [9.17, 15) is 0 Å². The molecule has 1 aliphatic rings. The highest BCUT2D eigenvalue weighted by atomic mass is 16.7. The van der Waals surface area contributed by atoms with Crippen molar-refractivity contribution in [2.75, 3.05) is 5.17 Å². The molecule has 1 radical (unpaired) electrons. The van der Waals surface area contributed by atoms with Gasteiger partial charge < -0.3 is 4.84 Å². The second-order valence-electron chi connectivity index (χ2n) is 4.13. The Kier molecular flexibility index (Phi) is 4.30. The number of unbranched alkanes of at least 4 members (excludes halogenated alkanes) is 3. The molecule has 91 valence electrons. The third kappa shape index (κ3) is 3.41. The van der Waals surface area contributed by atoms with Gasteiger partial charge in [-0.15, -0.1) is 5.17 Å². The first-order chi connectivity index (χ1) is 8.40. The summed E-state index contributed by atoms with van der Waals surface area (Å²) < 4.78 is 0. The fourth-order valence-corrected chi connectivity index (χ4v) is 1.76. The van der Waals surface area contributed by atoms with E-state index in [1.807, 2.05) is 36.5 Å². The summed E-state index contributed by atoms with van der Waals surface area (Å²) in [6, 6.07) is 9.99. The lowest BCUT2D eigenvalue weighted by atomic mass is 10.1. The lowest BCUT2D eigenvalue weighted by Gasteiger charge is -2.17. The molecule has 1 aromatic carbocycles. The fraction of sp³-hybridized carbons (Fsp3) is 0.357. The quantitative estimate of drug-likeness (QED) is 0.757. The molecule has 3 nitrogen and oxygen atoms in total. The first-order valence-electron chi connectivity index (χ1n) is 6.18. The first-order valence-corrected chi connectivity index (χ1v) is 6.18. The molecule has 0 atom stereocenters. The molecule has 0 saturated carbocycles. The van der Waals surface area contributed by atoms with E-state index in [1.54, 1.807) is 5.17 Å². The van der Waals surface area contributed by atoms with Gasteiger partial charge >= 0.3 is 0 Å². The molecule has 0 saturated heterocycles. The minimum Gasteiger partial charge on any atom is -0.362 e. The van der Waals surface area contributed by atoms with Crippen LogP contribution in [-0.4, -0.2) is 0 Å². The maximum absolute atomic E-state index is 5.70. The van der Waals surface area contributed by atoms with Crippen molar-refractivity contribution in [2.24, 2.45) is 0 Å². The van der Waals surface area contributed by atoms with E-state index in [0.29, 0.717) is 0 Å². The highest BCUT2D eigenvalue weighted by molar-refractivity contribution is 5.43. The number of hydrazine groups is 1. The number of anilines is 1. The van der Waals surface area contributed by atoms with Gasteiger partial charge in [-0.25, -0.2) is 0 Å². The molecule has 3 heteroatoms. The van der Waals surface area contributed by atoms with Crippen LogP contribution in [-0.2, 0) is 4.84 Å². The van der Waals surface area contributed by atoms with Crippen molar-refractivity contribution in [3.05, 3.63) is 49.2 Å². The van der Waals surface area contributed by atoms with Gasteiger partial charge in [0.15, 0.2) is 5.76 Å². The Bertz CT molecular complexity index is 362. The number of hydrogen-bond donors (Lipinski definition) is 1. The lowest BCUT2D eigenvalue weighted by Crippen LogP contribution is -2.28. The van der Waals surface area contributed by atoms with Crippen LogP contribution in [0.4, 0.5) is 5.69 Å². The van der Waals surface area contributed by atoms with Crippen LogP contribution in [0.25, 0.3) is 0 Å². The van der Waals surface area contributed by atoms with E-state index in [2.05, 4.69) is 12.3 Å². The van der Waals surface area contributed by atoms with Crippen molar-refractivity contribution in [1.29, 1.82) is 0 Å². The van der Waals surface area contributed by atoms with Gasteiger partial charge in [-0.05, 0) is 18.6 Å². The predicted octanol–water partition coefficient (Wildman–Crippen LogP) is 3.57. The molecule has 17 heavy (non-hydrogen) atoms. The molecule has 0 bridgehead atoms. The third-order valence-corrected chi connectivity index (χ3v) is 2.72. The van der Waals surface area contributed by atoms with Crippen LogP contribution >= 0.6 is 0 Å². The van der Waals surface area contributed by atoms with E-state index in [0.717, 1.165) is 30.7 Å². The summed E-state index contributed by atoms with van der Waals surface area (Å²) in [5.74, 6) is 0.998. The summed E-state index contributed by atoms with van der Waals surface area (Å²) in [4.78, 5) is 5.70. The SMILES string of the molecule is [CH2]CCCCCC1=CNN(c2ccccc2)O1. The molecule has 0 fully saturated rings. The van der Waals surface area contributed by atoms with Crippen molar-refractivity contribution in [3.8, 4) is 0 Å². The van der Waals surface area contributed by atoms with Gasteiger partial charge in [0, 0.05) is 6.42 Å². The van der Waals surface area contributed by atoms with Crippen LogP contribution in [0.15, 0.2) is 42.3 Å². The molecule has 0 spiro atoms. The average molecular weight is 231 g/mol. The Hall–Kier alpha value is -1.64. The van der Waals surface area contributed by atoms with E-state index >= 15 is 0 Å². The van der Waals surface area contributed by atoms with Crippen LogP contribution in [0.3, 0.4) is 0 Å². The molecule has 0 aliphatic carbocycles. The maximum Gasteiger partial charge on any atom is 0.152 e. The zero-order valence-corrected chi connectivity index (χ0v) is 10.1. The van der Waals surface area contributed by atoms with Crippen molar-refractivity contribution in [3.63, 3.8) is 0 Å². The number of hydrogen-bond acceptors (Lipinski definition) is 3. The predicted molar refractivity (Wildman–Crippen MR) is 69.7 cm³/mol. The summed E-state index contributed by atoms with van der Waals surface area (Å²) in [5.41, 5.74) is 4.11. The number of para-hydroxylation sites is 1. The second-order valence-corrected chi connectivity index (χ2v) is 4.13.